The van der Waals surface area contributed by atoms with Gasteiger partial charge in [0.1, 0.15) is 12.4 Å². The van der Waals surface area contributed by atoms with Gasteiger partial charge in [0, 0.05) is 13.6 Å². The second-order valence-electron chi connectivity index (χ2n) is 8.56. The Kier molecular flexibility index (Phi) is 10.4. The topological polar surface area (TPSA) is 55.3 Å². The van der Waals surface area contributed by atoms with Crippen LogP contribution >= 0.6 is 0 Å². The number of likely N-dealkylation sites (tertiary alicyclic amines) is 1. The number of piperidine rings is 1. The molecule has 1 unspecified atom stereocenters. The predicted molar refractivity (Wildman–Crippen MR) is 140 cm³/mol. The van der Waals surface area contributed by atoms with Gasteiger partial charge in [-0.25, -0.2) is 0 Å². The summed E-state index contributed by atoms with van der Waals surface area (Å²) in [5.41, 5.74) is 2.17. The molecular weight excluding hydrogens is 426 g/mol. The van der Waals surface area contributed by atoms with E-state index in [0.717, 1.165) is 61.1 Å². The van der Waals surface area contributed by atoms with Gasteiger partial charge in [0.15, 0.2) is 11.5 Å². The van der Waals surface area contributed by atoms with Crippen molar-refractivity contribution in [3.63, 3.8) is 0 Å². The highest BCUT2D eigenvalue weighted by molar-refractivity contribution is 6.00. The summed E-state index contributed by atoms with van der Waals surface area (Å²) in [4.78, 5) is 7.07. The number of ether oxygens (including phenoxy) is 3. The van der Waals surface area contributed by atoms with E-state index in [1.165, 1.54) is 12.8 Å². The lowest BCUT2D eigenvalue weighted by molar-refractivity contribution is 0.130. The predicted octanol–water partition coefficient (Wildman–Crippen LogP) is 5.07. The van der Waals surface area contributed by atoms with E-state index in [-0.39, 0.29) is 12.8 Å². The number of fused-ring (bicyclic) bond motifs is 1. The third-order valence-electron chi connectivity index (χ3n) is 6.29. The maximum atomic E-state index is 5.77. The van der Waals surface area contributed by atoms with Crippen molar-refractivity contribution in [2.75, 3.05) is 46.6 Å². The van der Waals surface area contributed by atoms with Crippen LogP contribution in [0.2, 0.25) is 0 Å². The summed E-state index contributed by atoms with van der Waals surface area (Å²) >= 11 is 0. The molecule has 1 atom stereocenters. The van der Waals surface area contributed by atoms with E-state index < -0.39 is 0 Å². The molecule has 1 saturated heterocycles. The number of aliphatic imine (C=N–C) groups is 1. The van der Waals surface area contributed by atoms with Gasteiger partial charge in [-0.1, -0.05) is 38.3 Å². The Morgan fingerprint density at radius 3 is 2.76 bits per heavy atom. The van der Waals surface area contributed by atoms with Crippen LogP contribution in [-0.4, -0.2) is 57.2 Å². The molecule has 3 rings (SSSR count). The number of benzene rings is 1. The van der Waals surface area contributed by atoms with Crippen LogP contribution in [0.25, 0.3) is 0 Å². The Morgan fingerprint density at radius 1 is 1.26 bits per heavy atom. The van der Waals surface area contributed by atoms with Gasteiger partial charge >= 0.3 is 0 Å². The van der Waals surface area contributed by atoms with E-state index in [0.29, 0.717) is 12.5 Å². The van der Waals surface area contributed by atoms with Crippen molar-refractivity contribution in [1.29, 1.82) is 0 Å². The Morgan fingerprint density at radius 2 is 2.06 bits per heavy atom. The van der Waals surface area contributed by atoms with Crippen molar-refractivity contribution in [3.8, 4) is 11.5 Å². The monoisotopic (exact) mass is 465 g/mol. The van der Waals surface area contributed by atoms with Gasteiger partial charge in [0.05, 0.1) is 11.8 Å². The quantitative estimate of drug-likeness (QED) is 0.250. The number of hydrogen-bond acceptors (Lipinski definition) is 6. The molecule has 34 heavy (non-hydrogen) atoms. The van der Waals surface area contributed by atoms with Crippen LogP contribution in [0.1, 0.15) is 37.8 Å². The molecule has 0 radical (unpaired) electrons. The molecule has 2 aliphatic rings. The van der Waals surface area contributed by atoms with Crippen molar-refractivity contribution in [2.45, 2.75) is 32.2 Å². The number of nitrogens with one attached hydrogen (secondary N) is 1. The van der Waals surface area contributed by atoms with Gasteiger partial charge in [0.2, 0.25) is 6.79 Å². The van der Waals surface area contributed by atoms with Crippen LogP contribution in [0.15, 0.2) is 72.5 Å². The Balaban J connectivity index is 1.54. The zero-order chi connectivity index (χ0) is 24.2. The van der Waals surface area contributed by atoms with Crippen LogP contribution in [0.4, 0.5) is 0 Å². The van der Waals surface area contributed by atoms with Gasteiger partial charge < -0.3 is 19.5 Å². The first-order chi connectivity index (χ1) is 16.7. The normalized spacial score (nSPS) is 18.3. The van der Waals surface area contributed by atoms with E-state index in [4.69, 9.17) is 14.2 Å². The van der Waals surface area contributed by atoms with Crippen molar-refractivity contribution in [2.24, 2.45) is 10.9 Å². The molecule has 0 aromatic heterocycles. The van der Waals surface area contributed by atoms with Crippen LogP contribution in [0, 0.1) is 5.92 Å². The average molecular weight is 466 g/mol. The molecule has 6 nitrogen and oxygen atoms in total. The van der Waals surface area contributed by atoms with Crippen molar-refractivity contribution < 1.29 is 14.2 Å². The molecule has 1 N–H and O–H groups in total. The summed E-state index contributed by atoms with van der Waals surface area (Å²) in [7, 11) is 1.86. The van der Waals surface area contributed by atoms with Crippen molar-refractivity contribution in [3.05, 3.63) is 73.1 Å². The third-order valence-corrected chi connectivity index (χ3v) is 6.29. The lowest BCUT2D eigenvalue weighted by Crippen LogP contribution is -2.40. The van der Waals surface area contributed by atoms with Gasteiger partial charge in [0.25, 0.3) is 0 Å². The molecular formula is C28H39N3O3. The Hall–Kier alpha value is -2.83. The van der Waals surface area contributed by atoms with E-state index in [9.17, 15) is 0 Å². The Bertz CT molecular complexity index is 898. The van der Waals surface area contributed by atoms with Gasteiger partial charge in [-0.05, 0) is 80.7 Å². The van der Waals surface area contributed by atoms with Crippen molar-refractivity contribution >= 4 is 5.71 Å². The van der Waals surface area contributed by atoms with Crippen molar-refractivity contribution in [1.82, 2.24) is 10.2 Å². The minimum absolute atomic E-state index is 0.0164. The molecule has 1 aromatic rings. The Labute approximate surface area is 204 Å². The van der Waals surface area contributed by atoms with E-state index in [2.05, 4.69) is 59.6 Å². The highest BCUT2D eigenvalue weighted by Gasteiger charge is 2.24. The largest absolute Gasteiger partial charge is 0.492 e. The molecule has 0 spiro atoms. The third kappa shape index (κ3) is 7.34. The standard InChI is InChI=1S/C28H39N3O3/c1-5-8-10-25(29-4)28(23-11-12-26-27(19-23)34-21-33-26)30-20-22-13-15-31(16-14-22)17-18-32-24(7-3)9-6-2/h6-12,19,22,28,30H,2-3,5,13-18,20-21H2,1,4H3/b10-8-,24-9+,29-25?. The fourth-order valence-electron chi connectivity index (χ4n) is 4.31. The highest BCUT2D eigenvalue weighted by atomic mass is 16.7. The van der Waals surface area contributed by atoms with E-state index in [1.54, 1.807) is 12.2 Å². The lowest BCUT2D eigenvalue weighted by atomic mass is 9.94. The first kappa shape index (κ1) is 25.8. The number of rotatable bonds is 13. The van der Waals surface area contributed by atoms with E-state index in [1.807, 2.05) is 19.2 Å². The summed E-state index contributed by atoms with van der Waals surface area (Å²) in [5.74, 6) is 3.01. The summed E-state index contributed by atoms with van der Waals surface area (Å²) in [6, 6.07) is 6.19. The minimum atomic E-state index is 0.0164. The van der Waals surface area contributed by atoms with E-state index >= 15 is 0 Å². The van der Waals surface area contributed by atoms with Gasteiger partial charge in [-0.3, -0.25) is 9.89 Å². The number of allylic oxidation sites excluding steroid dienone is 4. The first-order valence-corrected chi connectivity index (χ1v) is 12.2. The maximum absolute atomic E-state index is 5.77. The zero-order valence-electron chi connectivity index (χ0n) is 20.7. The molecule has 6 heteroatoms. The summed E-state index contributed by atoms with van der Waals surface area (Å²) in [6.07, 6.45) is 12.9. The molecule has 1 fully saturated rings. The summed E-state index contributed by atoms with van der Waals surface area (Å²) < 4.78 is 16.9. The second kappa shape index (κ2) is 13.8. The fourth-order valence-corrected chi connectivity index (χ4v) is 4.31. The first-order valence-electron chi connectivity index (χ1n) is 12.2. The molecule has 0 aliphatic carbocycles. The van der Waals surface area contributed by atoms with Crippen LogP contribution in [0.5, 0.6) is 11.5 Å². The van der Waals surface area contributed by atoms with Gasteiger partial charge in [-0.2, -0.15) is 0 Å². The van der Waals surface area contributed by atoms with Crippen LogP contribution in [-0.2, 0) is 4.74 Å². The highest BCUT2D eigenvalue weighted by Crippen LogP contribution is 2.34. The van der Waals surface area contributed by atoms with Crippen LogP contribution < -0.4 is 14.8 Å². The average Bonchev–Trinajstić information content (AvgIpc) is 3.34. The molecule has 184 valence electrons. The fraction of sp³-hybridized carbons (Fsp3) is 0.464. The smallest absolute Gasteiger partial charge is 0.231 e. The number of hydrogen-bond donors (Lipinski definition) is 1. The lowest BCUT2D eigenvalue weighted by Gasteiger charge is -2.33. The van der Waals surface area contributed by atoms with Crippen LogP contribution in [0.3, 0.4) is 0 Å². The summed E-state index contributed by atoms with van der Waals surface area (Å²) in [6.45, 7) is 14.6. The minimum Gasteiger partial charge on any atom is -0.492 e. The molecule has 0 amide bonds. The molecule has 0 saturated carbocycles. The van der Waals surface area contributed by atoms with Gasteiger partial charge in [-0.15, -0.1) is 0 Å². The maximum Gasteiger partial charge on any atom is 0.231 e. The second-order valence-corrected chi connectivity index (χ2v) is 8.56. The number of nitrogens with zero attached hydrogens (tertiary/aromatic N) is 2. The molecule has 0 bridgehead atoms. The molecule has 2 aliphatic heterocycles. The molecule has 1 aromatic carbocycles. The zero-order valence-corrected chi connectivity index (χ0v) is 20.7. The summed E-state index contributed by atoms with van der Waals surface area (Å²) in [5, 5.41) is 3.80. The SMILES string of the molecule is C=C/C=C(\C=C)OCCN1CCC(CNC(C(/C=C\CC)=NC)c2ccc3c(c2)OCO3)CC1. The molecule has 2 heterocycles.